The van der Waals surface area contributed by atoms with Crippen molar-refractivity contribution in [3.8, 4) is 0 Å². The lowest BCUT2D eigenvalue weighted by molar-refractivity contribution is -0.137. The highest BCUT2D eigenvalue weighted by Gasteiger charge is 2.19. The quantitative estimate of drug-likeness (QED) is 0.668. The van der Waals surface area contributed by atoms with Crippen LogP contribution >= 0.6 is 0 Å². The Morgan fingerprint density at radius 1 is 1.50 bits per heavy atom. The van der Waals surface area contributed by atoms with Crippen LogP contribution in [0.25, 0.3) is 0 Å². The third kappa shape index (κ3) is 3.28. The number of aryl methyl sites for hydroxylation is 2. The lowest BCUT2D eigenvalue weighted by Crippen LogP contribution is -2.13. The molecule has 2 rings (SSSR count). The van der Waals surface area contributed by atoms with Crippen LogP contribution in [-0.4, -0.2) is 49.5 Å². The Morgan fingerprint density at radius 3 is 2.85 bits per heavy atom. The number of aliphatic carboxylic acids is 1. The maximum atomic E-state index is 12.0. The van der Waals surface area contributed by atoms with E-state index >= 15 is 0 Å². The molecule has 0 fully saturated rings. The van der Waals surface area contributed by atoms with Crippen LogP contribution in [0.15, 0.2) is 17.3 Å². The molecule has 0 amide bonds. The normalized spacial score (nSPS) is 11.4. The number of carboxylic acids is 1. The van der Waals surface area contributed by atoms with E-state index in [0.717, 1.165) is 11.0 Å². The molecule has 2 heterocycles. The van der Waals surface area contributed by atoms with Gasteiger partial charge in [0, 0.05) is 6.20 Å². The molecule has 20 heavy (non-hydrogen) atoms. The van der Waals surface area contributed by atoms with E-state index in [9.17, 15) is 13.2 Å². The van der Waals surface area contributed by atoms with Crippen molar-refractivity contribution in [2.24, 2.45) is 7.05 Å². The number of sulfonamides is 1. The Hall–Kier alpha value is -2.50. The predicted molar refractivity (Wildman–Crippen MR) is 64.1 cm³/mol. The Labute approximate surface area is 113 Å². The van der Waals surface area contributed by atoms with Gasteiger partial charge in [0.25, 0.3) is 16.0 Å². The van der Waals surface area contributed by atoms with Crippen molar-refractivity contribution in [1.82, 2.24) is 30.0 Å². The van der Waals surface area contributed by atoms with Crippen molar-refractivity contribution < 1.29 is 18.3 Å². The first-order valence-corrected chi connectivity index (χ1v) is 6.86. The molecule has 0 unspecified atom stereocenters. The van der Waals surface area contributed by atoms with Crippen molar-refractivity contribution in [1.29, 1.82) is 0 Å². The molecule has 0 aromatic carbocycles. The van der Waals surface area contributed by atoms with Crippen molar-refractivity contribution in [3.05, 3.63) is 12.4 Å². The first kappa shape index (κ1) is 13.9. The summed E-state index contributed by atoms with van der Waals surface area (Å²) in [5, 5.41) is 23.0. The van der Waals surface area contributed by atoms with Crippen LogP contribution in [0.4, 0.5) is 5.95 Å². The average Bonchev–Trinajstić information content (AvgIpc) is 2.95. The summed E-state index contributed by atoms with van der Waals surface area (Å²) in [6.45, 7) is 0.0776. The van der Waals surface area contributed by atoms with Gasteiger partial charge >= 0.3 is 5.97 Å². The number of hydrogen-bond acceptors (Lipinski definition) is 7. The third-order valence-corrected chi connectivity index (χ3v) is 3.49. The molecule has 0 radical (unpaired) electrons. The molecule has 0 spiro atoms. The van der Waals surface area contributed by atoms with Crippen molar-refractivity contribution in [2.45, 2.75) is 17.9 Å². The van der Waals surface area contributed by atoms with E-state index in [1.54, 1.807) is 0 Å². The van der Waals surface area contributed by atoms with Crippen LogP contribution in [0, 0.1) is 0 Å². The van der Waals surface area contributed by atoms with Gasteiger partial charge in [0.05, 0.1) is 26.2 Å². The van der Waals surface area contributed by atoms with Gasteiger partial charge < -0.3 is 5.11 Å². The van der Waals surface area contributed by atoms with Gasteiger partial charge in [0.2, 0.25) is 0 Å². The summed E-state index contributed by atoms with van der Waals surface area (Å²) in [6, 6.07) is 0. The summed E-state index contributed by atoms with van der Waals surface area (Å²) >= 11 is 0. The number of nitrogens with one attached hydrogen (secondary N) is 1. The van der Waals surface area contributed by atoms with Gasteiger partial charge in [-0.05, 0) is 5.21 Å². The first-order valence-electron chi connectivity index (χ1n) is 5.38. The van der Waals surface area contributed by atoms with Gasteiger partial charge in [0.15, 0.2) is 0 Å². The minimum atomic E-state index is -3.88. The molecular weight excluding hydrogens is 290 g/mol. The molecule has 0 aliphatic rings. The summed E-state index contributed by atoms with van der Waals surface area (Å²) in [6.07, 6.45) is 2.18. The van der Waals surface area contributed by atoms with Gasteiger partial charge in [-0.3, -0.25) is 9.48 Å². The minimum Gasteiger partial charge on any atom is -0.481 e. The average molecular weight is 301 g/mol. The largest absolute Gasteiger partial charge is 0.481 e. The zero-order valence-corrected chi connectivity index (χ0v) is 11.1. The second-order valence-electron chi connectivity index (χ2n) is 3.79. The molecule has 11 nitrogen and oxygen atoms in total. The third-order valence-electron chi connectivity index (χ3n) is 2.21. The maximum Gasteiger partial charge on any atom is 0.305 e. The summed E-state index contributed by atoms with van der Waals surface area (Å²) in [4.78, 5) is 11.4. The Kier molecular flexibility index (Phi) is 3.65. The van der Waals surface area contributed by atoms with Gasteiger partial charge in [-0.25, -0.2) is 13.1 Å². The number of hydrogen-bond donors (Lipinski definition) is 2. The van der Waals surface area contributed by atoms with E-state index < -0.39 is 16.0 Å². The molecule has 0 aliphatic carbocycles. The van der Waals surface area contributed by atoms with Gasteiger partial charge in [-0.2, -0.15) is 9.90 Å². The molecule has 12 heteroatoms. The SMILES string of the molecule is Cn1nnc(NS(=O)(=O)c2cnn(CCC(=O)O)c2)n1. The van der Waals surface area contributed by atoms with Crippen LogP contribution in [0.5, 0.6) is 0 Å². The maximum absolute atomic E-state index is 12.0. The number of aromatic nitrogens is 6. The lowest BCUT2D eigenvalue weighted by atomic mass is 10.4. The molecule has 0 atom stereocenters. The molecule has 0 bridgehead atoms. The van der Waals surface area contributed by atoms with Crippen LogP contribution in [0.1, 0.15) is 6.42 Å². The minimum absolute atomic E-state index is 0.0776. The highest BCUT2D eigenvalue weighted by atomic mass is 32.2. The molecule has 0 saturated heterocycles. The highest BCUT2D eigenvalue weighted by molar-refractivity contribution is 7.92. The van der Waals surface area contributed by atoms with Crippen LogP contribution < -0.4 is 4.72 Å². The van der Waals surface area contributed by atoms with E-state index in [4.69, 9.17) is 5.11 Å². The lowest BCUT2D eigenvalue weighted by Gasteiger charge is -2.00. The number of rotatable bonds is 6. The Bertz CT molecular complexity index is 719. The number of carboxylic acid groups (broad SMARTS) is 1. The van der Waals surface area contributed by atoms with Crippen molar-refractivity contribution in [3.63, 3.8) is 0 Å². The molecular formula is C8H11N7O4S. The molecule has 0 aliphatic heterocycles. The first-order chi connectivity index (χ1) is 9.37. The summed E-state index contributed by atoms with van der Waals surface area (Å²) < 4.78 is 27.3. The Balaban J connectivity index is 2.11. The van der Waals surface area contributed by atoms with E-state index in [1.165, 1.54) is 17.9 Å². The number of nitrogens with zero attached hydrogens (tertiary/aromatic N) is 6. The zero-order valence-electron chi connectivity index (χ0n) is 10.3. The summed E-state index contributed by atoms with van der Waals surface area (Å²) in [7, 11) is -2.38. The van der Waals surface area contributed by atoms with Crippen LogP contribution in [-0.2, 0) is 28.4 Å². The summed E-state index contributed by atoms with van der Waals surface area (Å²) in [5.41, 5.74) is 0. The zero-order chi connectivity index (χ0) is 14.8. The summed E-state index contributed by atoms with van der Waals surface area (Å²) in [5.74, 6) is -1.16. The fraction of sp³-hybridized carbons (Fsp3) is 0.375. The Morgan fingerprint density at radius 2 is 2.25 bits per heavy atom. The van der Waals surface area contributed by atoms with E-state index in [2.05, 4.69) is 25.2 Å². The monoisotopic (exact) mass is 301 g/mol. The highest BCUT2D eigenvalue weighted by Crippen LogP contribution is 2.11. The van der Waals surface area contributed by atoms with Gasteiger partial charge in [0.1, 0.15) is 4.90 Å². The van der Waals surface area contributed by atoms with Crippen LogP contribution in [0.2, 0.25) is 0 Å². The van der Waals surface area contributed by atoms with Gasteiger partial charge in [-0.1, -0.05) is 5.10 Å². The standard InChI is InChI=1S/C8H11N7O4S/c1-14-11-8(10-13-14)12-20(18,19)6-4-9-15(5-6)3-2-7(16)17/h4-5H,2-3H2,1H3,(H,11,12)(H,16,17). The molecule has 2 N–H and O–H groups in total. The number of tetrazole rings is 1. The van der Waals surface area contributed by atoms with E-state index in [1.807, 2.05) is 0 Å². The van der Waals surface area contributed by atoms with E-state index in [0.29, 0.717) is 0 Å². The van der Waals surface area contributed by atoms with Crippen molar-refractivity contribution >= 4 is 21.9 Å². The van der Waals surface area contributed by atoms with Gasteiger partial charge in [-0.15, -0.1) is 5.10 Å². The molecule has 2 aromatic heterocycles. The fourth-order valence-corrected chi connectivity index (χ4v) is 2.21. The second kappa shape index (κ2) is 5.24. The predicted octanol–water partition coefficient (Wildman–Crippen LogP) is -1.32. The molecule has 108 valence electrons. The molecule has 0 saturated carbocycles. The van der Waals surface area contributed by atoms with Crippen molar-refractivity contribution in [2.75, 3.05) is 4.72 Å². The van der Waals surface area contributed by atoms with Crippen LogP contribution in [0.3, 0.4) is 0 Å². The number of anilines is 1. The fourth-order valence-electron chi connectivity index (χ4n) is 1.32. The topological polar surface area (TPSA) is 145 Å². The number of carbonyl (C=O) groups is 1. The second-order valence-corrected chi connectivity index (χ2v) is 5.47. The molecule has 2 aromatic rings. The smallest absolute Gasteiger partial charge is 0.305 e. The van der Waals surface area contributed by atoms with E-state index in [-0.39, 0.29) is 23.8 Å².